The van der Waals surface area contributed by atoms with E-state index in [2.05, 4.69) is 59.9 Å². The zero-order chi connectivity index (χ0) is 23.2. The van der Waals surface area contributed by atoms with Gasteiger partial charge in [-0.05, 0) is 116 Å². The van der Waals surface area contributed by atoms with E-state index in [1.807, 2.05) is 0 Å². The molecule has 0 radical (unpaired) electrons. The predicted molar refractivity (Wildman–Crippen MR) is 134 cm³/mol. The van der Waals surface area contributed by atoms with Crippen LogP contribution in [0.25, 0.3) is 0 Å². The summed E-state index contributed by atoms with van der Waals surface area (Å²) in [6.07, 6.45) is 18.4. The van der Waals surface area contributed by atoms with Crippen LogP contribution in [0.15, 0.2) is 36.5 Å². The molecule has 5 rings (SSSR count). The van der Waals surface area contributed by atoms with Crippen LogP contribution in [-0.2, 0) is 4.79 Å². The van der Waals surface area contributed by atoms with Gasteiger partial charge in [0, 0.05) is 5.41 Å². The van der Waals surface area contributed by atoms with Crippen LogP contribution in [0.5, 0.6) is 0 Å². The van der Waals surface area contributed by atoms with E-state index in [1.165, 1.54) is 68.8 Å². The Morgan fingerprint density at radius 1 is 1.06 bits per heavy atom. The van der Waals surface area contributed by atoms with Crippen LogP contribution >= 0.6 is 0 Å². The highest BCUT2D eigenvalue weighted by Gasteiger charge is 2.74. The van der Waals surface area contributed by atoms with Crippen molar-refractivity contribution in [2.45, 2.75) is 98.8 Å². The van der Waals surface area contributed by atoms with Gasteiger partial charge in [0.25, 0.3) is 0 Å². The fraction of sp³-hybridized carbons (Fsp3) is 0.774. The van der Waals surface area contributed by atoms with Crippen molar-refractivity contribution in [2.75, 3.05) is 0 Å². The van der Waals surface area contributed by atoms with Crippen molar-refractivity contribution in [3.63, 3.8) is 0 Å². The van der Waals surface area contributed by atoms with Gasteiger partial charge < -0.3 is 4.79 Å². The first kappa shape index (κ1) is 22.7. The number of hydrogen-bond acceptors (Lipinski definition) is 1. The maximum absolute atomic E-state index is 12.7. The van der Waals surface area contributed by atoms with Gasteiger partial charge in [-0.15, -0.1) is 0 Å². The number of carbonyl (C=O) groups is 1. The van der Waals surface area contributed by atoms with Crippen LogP contribution in [0.2, 0.25) is 0 Å². The standard InChI is InChI=1S/C31H46O/c1-8-31-19-18-30(20-32)17-11-23(21(2)3)26(30)29(31,7)16-13-25-27(5)14-9-10-22(4)24(27)12-15-28(25,31)6/h9-10,20,23-26H,2,4,8,11-19H2,1,3,5-7H3/t23-,24-,25+,26+,27-,28+,29+,30+,31-/m0/s1. The van der Waals surface area contributed by atoms with E-state index in [-0.39, 0.29) is 10.8 Å². The van der Waals surface area contributed by atoms with Crippen LogP contribution in [-0.4, -0.2) is 6.29 Å². The number of rotatable bonds is 3. The summed E-state index contributed by atoms with van der Waals surface area (Å²) in [7, 11) is 0. The molecule has 176 valence electrons. The van der Waals surface area contributed by atoms with Crippen LogP contribution in [0, 0.1) is 50.7 Å². The van der Waals surface area contributed by atoms with Gasteiger partial charge in [0.1, 0.15) is 6.29 Å². The molecule has 0 N–H and O–H groups in total. The highest BCUT2D eigenvalue weighted by molar-refractivity contribution is 5.62. The van der Waals surface area contributed by atoms with Gasteiger partial charge in [-0.3, -0.25) is 0 Å². The molecule has 0 bridgehead atoms. The van der Waals surface area contributed by atoms with Crippen LogP contribution in [0.1, 0.15) is 98.8 Å². The summed E-state index contributed by atoms with van der Waals surface area (Å²) in [5.74, 6) is 2.39. The normalized spacial score (nSPS) is 54.2. The Kier molecular flexibility index (Phi) is 4.93. The summed E-state index contributed by atoms with van der Waals surface area (Å²) in [6, 6.07) is 0. The minimum absolute atomic E-state index is 0.108. The molecule has 0 spiro atoms. The second kappa shape index (κ2) is 6.96. The molecule has 1 heteroatoms. The molecule has 4 fully saturated rings. The van der Waals surface area contributed by atoms with E-state index in [4.69, 9.17) is 0 Å². The third-order valence-corrected chi connectivity index (χ3v) is 12.9. The molecular formula is C31H46O. The zero-order valence-electron chi connectivity index (χ0n) is 21.4. The highest BCUT2D eigenvalue weighted by atomic mass is 16.1. The molecule has 0 saturated heterocycles. The van der Waals surface area contributed by atoms with Crippen molar-refractivity contribution < 1.29 is 4.79 Å². The smallest absolute Gasteiger partial charge is 0.126 e. The molecule has 32 heavy (non-hydrogen) atoms. The molecule has 1 nitrogen and oxygen atoms in total. The van der Waals surface area contributed by atoms with Crippen molar-refractivity contribution in [1.29, 1.82) is 0 Å². The Hall–Kier alpha value is -1.11. The van der Waals surface area contributed by atoms with Crippen molar-refractivity contribution in [2.24, 2.45) is 50.7 Å². The lowest BCUT2D eigenvalue weighted by molar-refractivity contribution is -0.261. The maximum Gasteiger partial charge on any atom is 0.126 e. The van der Waals surface area contributed by atoms with Gasteiger partial charge in [-0.1, -0.05) is 64.2 Å². The van der Waals surface area contributed by atoms with E-state index in [1.54, 1.807) is 0 Å². The topological polar surface area (TPSA) is 17.1 Å². The van der Waals surface area contributed by atoms with Crippen molar-refractivity contribution >= 4 is 6.29 Å². The molecule has 4 saturated carbocycles. The van der Waals surface area contributed by atoms with Gasteiger partial charge in [0.2, 0.25) is 0 Å². The molecule has 0 aromatic carbocycles. The molecule has 0 aliphatic heterocycles. The van der Waals surface area contributed by atoms with Crippen molar-refractivity contribution in [3.05, 3.63) is 36.5 Å². The first-order chi connectivity index (χ1) is 15.1. The molecule has 0 aromatic rings. The SMILES string of the molecule is C=C(C)[C@@H]1CC[C@]2(C=O)CC[C@@]3(CC)[C@]4(C)CC[C@H]5C(=C)C=CC[C@]5(C)[C@H]4CC[C@]3(C)[C@@H]12. The third kappa shape index (κ3) is 2.39. The molecule has 0 unspecified atom stereocenters. The monoisotopic (exact) mass is 434 g/mol. The van der Waals surface area contributed by atoms with E-state index in [0.717, 1.165) is 18.8 Å². The lowest BCUT2D eigenvalue weighted by Crippen LogP contribution is -2.69. The number of aldehydes is 1. The van der Waals surface area contributed by atoms with E-state index >= 15 is 0 Å². The first-order valence-electron chi connectivity index (χ1n) is 13.5. The van der Waals surface area contributed by atoms with E-state index in [0.29, 0.717) is 34.0 Å². The fourth-order valence-corrected chi connectivity index (χ4v) is 11.6. The van der Waals surface area contributed by atoms with E-state index < -0.39 is 0 Å². The summed E-state index contributed by atoms with van der Waals surface area (Å²) < 4.78 is 0. The molecule has 9 atom stereocenters. The summed E-state index contributed by atoms with van der Waals surface area (Å²) >= 11 is 0. The predicted octanol–water partition coefficient (Wildman–Crippen LogP) is 8.32. The van der Waals surface area contributed by atoms with Crippen LogP contribution < -0.4 is 0 Å². The van der Waals surface area contributed by atoms with Crippen LogP contribution in [0.4, 0.5) is 0 Å². The molecular weight excluding hydrogens is 388 g/mol. The number of fused-ring (bicyclic) bond motifs is 7. The fourth-order valence-electron chi connectivity index (χ4n) is 11.6. The van der Waals surface area contributed by atoms with Gasteiger partial charge in [0.15, 0.2) is 0 Å². The Morgan fingerprint density at radius 2 is 1.78 bits per heavy atom. The minimum atomic E-state index is -0.108. The Morgan fingerprint density at radius 3 is 2.44 bits per heavy atom. The molecule has 0 heterocycles. The number of carbonyl (C=O) groups excluding carboxylic acids is 1. The Labute approximate surface area is 197 Å². The van der Waals surface area contributed by atoms with Gasteiger partial charge in [0.05, 0.1) is 0 Å². The summed E-state index contributed by atoms with van der Waals surface area (Å²) in [4.78, 5) is 12.7. The second-order valence-electron chi connectivity index (χ2n) is 13.5. The summed E-state index contributed by atoms with van der Waals surface area (Å²) in [5, 5.41) is 0. The van der Waals surface area contributed by atoms with Crippen molar-refractivity contribution in [3.8, 4) is 0 Å². The second-order valence-corrected chi connectivity index (χ2v) is 13.5. The minimum Gasteiger partial charge on any atom is -0.303 e. The Bertz CT molecular complexity index is 881. The lowest BCUT2D eigenvalue weighted by Gasteiger charge is -2.75. The third-order valence-electron chi connectivity index (χ3n) is 12.9. The van der Waals surface area contributed by atoms with Crippen LogP contribution in [0.3, 0.4) is 0 Å². The number of hydrogen-bond donors (Lipinski definition) is 0. The molecule has 0 aromatic heterocycles. The van der Waals surface area contributed by atoms with Gasteiger partial charge in [-0.25, -0.2) is 0 Å². The molecule has 5 aliphatic rings. The maximum atomic E-state index is 12.7. The summed E-state index contributed by atoms with van der Waals surface area (Å²) in [6.45, 7) is 21.6. The van der Waals surface area contributed by atoms with Gasteiger partial charge >= 0.3 is 0 Å². The highest BCUT2D eigenvalue weighted by Crippen LogP contribution is 2.81. The average Bonchev–Trinajstić information content (AvgIpc) is 3.15. The Balaban J connectivity index is 1.66. The van der Waals surface area contributed by atoms with E-state index in [9.17, 15) is 4.79 Å². The van der Waals surface area contributed by atoms with Gasteiger partial charge in [-0.2, -0.15) is 0 Å². The van der Waals surface area contributed by atoms with Crippen molar-refractivity contribution in [1.82, 2.24) is 0 Å². The first-order valence-corrected chi connectivity index (χ1v) is 13.5. The largest absolute Gasteiger partial charge is 0.303 e. The zero-order valence-corrected chi connectivity index (χ0v) is 21.4. The summed E-state index contributed by atoms with van der Waals surface area (Å²) in [5.41, 5.74) is 3.80. The average molecular weight is 435 g/mol. The quantitative estimate of drug-likeness (QED) is 0.322. The molecule has 5 aliphatic carbocycles. The molecule has 0 amide bonds. The lowest BCUT2D eigenvalue weighted by atomic mass is 9.29. The number of allylic oxidation sites excluding steroid dienone is 4.